The largest absolute Gasteiger partial charge is 0.397 e. The van der Waals surface area contributed by atoms with Crippen LogP contribution in [0.3, 0.4) is 0 Å². The summed E-state index contributed by atoms with van der Waals surface area (Å²) in [6.45, 7) is 1.13. The Balaban J connectivity index is 1.49. The Bertz CT molecular complexity index is 802. The van der Waals surface area contributed by atoms with Gasteiger partial charge in [-0.1, -0.05) is 6.07 Å². The number of nitrogens with zero attached hydrogens (tertiary/aromatic N) is 4. The van der Waals surface area contributed by atoms with Crippen molar-refractivity contribution in [2.75, 3.05) is 38.0 Å². The molecule has 1 aromatic heterocycles. The second kappa shape index (κ2) is 7.54. The van der Waals surface area contributed by atoms with Gasteiger partial charge in [-0.3, -0.25) is 14.5 Å². The summed E-state index contributed by atoms with van der Waals surface area (Å²) < 4.78 is 45.1. The van der Waals surface area contributed by atoms with Crippen LogP contribution in [-0.4, -0.2) is 69.3 Å². The number of benzene rings is 1. The summed E-state index contributed by atoms with van der Waals surface area (Å²) in [4.78, 5) is 26.8. The molecule has 1 saturated heterocycles. The highest BCUT2D eigenvalue weighted by Crippen LogP contribution is 2.22. The number of rotatable bonds is 4. The molecule has 2 aromatic rings. The van der Waals surface area contributed by atoms with Crippen molar-refractivity contribution in [3.8, 4) is 0 Å². The number of halogens is 3. The quantitative estimate of drug-likeness (QED) is 0.865. The van der Waals surface area contributed by atoms with Crippen molar-refractivity contribution in [2.24, 2.45) is 0 Å². The van der Waals surface area contributed by atoms with E-state index in [1.807, 2.05) is 0 Å². The lowest BCUT2D eigenvalue weighted by Gasteiger charge is -2.34. The number of fused-ring (bicyclic) bond motifs is 1. The predicted molar refractivity (Wildman–Crippen MR) is 89.7 cm³/mol. The molecule has 0 atom stereocenters. The zero-order valence-corrected chi connectivity index (χ0v) is 14.4. The third kappa shape index (κ3) is 4.67. The zero-order valence-electron chi connectivity index (χ0n) is 13.6. The molecule has 1 N–H and O–H groups in total. The number of nitrogens with one attached hydrogen (secondary N) is 1. The van der Waals surface area contributed by atoms with Crippen LogP contribution in [0.5, 0.6) is 0 Å². The molecular formula is C15H16F3N5O2S. The second-order valence-electron chi connectivity index (χ2n) is 5.93. The van der Waals surface area contributed by atoms with Crippen LogP contribution in [0.25, 0.3) is 11.0 Å². The Morgan fingerprint density at radius 1 is 1.15 bits per heavy atom. The van der Waals surface area contributed by atoms with Crippen molar-refractivity contribution in [1.82, 2.24) is 18.5 Å². The molecular weight excluding hydrogens is 371 g/mol. The average Bonchev–Trinajstić information content (AvgIpc) is 3.03. The van der Waals surface area contributed by atoms with E-state index in [9.17, 15) is 22.8 Å². The lowest BCUT2D eigenvalue weighted by molar-refractivity contribution is -0.162. The number of carbonyl (C=O) groups is 2. The number of aromatic nitrogens is 2. The van der Waals surface area contributed by atoms with Crippen LogP contribution in [0.1, 0.15) is 6.42 Å². The van der Waals surface area contributed by atoms with Gasteiger partial charge in [-0.25, -0.2) is 0 Å². The van der Waals surface area contributed by atoms with Crippen LogP contribution in [0.4, 0.5) is 18.9 Å². The molecule has 140 valence electrons. The van der Waals surface area contributed by atoms with Crippen molar-refractivity contribution in [3.05, 3.63) is 18.2 Å². The number of hydrogen-bond acceptors (Lipinski definition) is 6. The normalized spacial score (nSPS) is 16.0. The van der Waals surface area contributed by atoms with Crippen LogP contribution in [0.15, 0.2) is 18.2 Å². The van der Waals surface area contributed by atoms with Crippen molar-refractivity contribution in [1.29, 1.82) is 0 Å². The maximum Gasteiger partial charge on any atom is 0.397 e. The molecule has 1 aromatic carbocycles. The van der Waals surface area contributed by atoms with Gasteiger partial charge in [0, 0.05) is 26.2 Å². The standard InChI is InChI=1S/C15H16F3N5O2S/c16-15(17,18)8-13(25)23-6-4-22(5-7-23)9-12(24)19-10-2-1-3-11-14(10)21-26-20-11/h1-3H,4-9H2,(H,19,24). The van der Waals surface area contributed by atoms with Gasteiger partial charge in [0.1, 0.15) is 17.5 Å². The van der Waals surface area contributed by atoms with Crippen molar-refractivity contribution in [2.45, 2.75) is 12.6 Å². The number of alkyl halides is 3. The van der Waals surface area contributed by atoms with E-state index in [4.69, 9.17) is 0 Å². The first-order chi connectivity index (χ1) is 12.3. The maximum atomic E-state index is 12.3. The Morgan fingerprint density at radius 2 is 1.88 bits per heavy atom. The molecule has 7 nitrogen and oxygen atoms in total. The third-order valence-electron chi connectivity index (χ3n) is 4.00. The molecule has 2 amide bonds. The lowest BCUT2D eigenvalue weighted by atomic mass is 10.2. The van der Waals surface area contributed by atoms with Crippen molar-refractivity contribution in [3.63, 3.8) is 0 Å². The average molecular weight is 387 g/mol. The van der Waals surface area contributed by atoms with Gasteiger partial charge in [-0.2, -0.15) is 21.9 Å². The SMILES string of the molecule is O=C(CN1CCN(C(=O)CC(F)(F)F)CC1)Nc1cccc2nsnc12. The van der Waals surface area contributed by atoms with Gasteiger partial charge < -0.3 is 10.2 Å². The van der Waals surface area contributed by atoms with E-state index in [2.05, 4.69) is 14.1 Å². The molecule has 0 saturated carbocycles. The zero-order chi connectivity index (χ0) is 18.7. The first kappa shape index (κ1) is 18.5. The number of piperazine rings is 1. The first-order valence-corrected chi connectivity index (χ1v) is 8.63. The van der Waals surface area contributed by atoms with Crippen LogP contribution in [-0.2, 0) is 9.59 Å². The highest BCUT2D eigenvalue weighted by atomic mass is 32.1. The molecule has 11 heteroatoms. The Hall–Kier alpha value is -2.27. The molecule has 1 aliphatic heterocycles. The summed E-state index contributed by atoms with van der Waals surface area (Å²) in [6, 6.07) is 5.30. The highest BCUT2D eigenvalue weighted by Gasteiger charge is 2.34. The minimum absolute atomic E-state index is 0.0925. The van der Waals surface area contributed by atoms with E-state index in [0.29, 0.717) is 29.8 Å². The van der Waals surface area contributed by atoms with E-state index in [0.717, 1.165) is 11.7 Å². The van der Waals surface area contributed by atoms with E-state index in [1.165, 1.54) is 4.90 Å². The lowest BCUT2D eigenvalue weighted by Crippen LogP contribution is -2.51. The second-order valence-corrected chi connectivity index (χ2v) is 6.46. The minimum atomic E-state index is -4.50. The smallest absolute Gasteiger partial charge is 0.340 e. The summed E-state index contributed by atoms with van der Waals surface area (Å²) in [5.41, 5.74) is 1.89. The number of hydrogen-bond donors (Lipinski definition) is 1. The number of carbonyl (C=O) groups excluding carboxylic acids is 2. The van der Waals surface area contributed by atoms with E-state index < -0.39 is 18.5 Å². The molecule has 1 fully saturated rings. The molecule has 0 bridgehead atoms. The molecule has 3 rings (SSSR count). The summed E-state index contributed by atoms with van der Waals surface area (Å²) in [5.74, 6) is -1.18. The van der Waals surface area contributed by atoms with Gasteiger partial charge >= 0.3 is 6.18 Å². The van der Waals surface area contributed by atoms with Gasteiger partial charge in [-0.15, -0.1) is 0 Å². The van der Waals surface area contributed by atoms with E-state index in [1.54, 1.807) is 23.1 Å². The van der Waals surface area contributed by atoms with Crippen LogP contribution < -0.4 is 5.32 Å². The first-order valence-electron chi connectivity index (χ1n) is 7.90. The maximum absolute atomic E-state index is 12.3. The molecule has 2 heterocycles. The fourth-order valence-electron chi connectivity index (χ4n) is 2.74. The van der Waals surface area contributed by atoms with Crippen LogP contribution in [0, 0.1) is 0 Å². The molecule has 0 radical (unpaired) electrons. The summed E-state index contributed by atoms with van der Waals surface area (Å²) in [5, 5.41) is 2.78. The molecule has 0 spiro atoms. The predicted octanol–water partition coefficient (Wildman–Crippen LogP) is 1.73. The highest BCUT2D eigenvalue weighted by molar-refractivity contribution is 7.00. The van der Waals surface area contributed by atoms with Crippen molar-refractivity contribution < 1.29 is 22.8 Å². The monoisotopic (exact) mass is 387 g/mol. The minimum Gasteiger partial charge on any atom is -0.340 e. The Labute approximate surface area is 151 Å². The van der Waals surface area contributed by atoms with Gasteiger partial charge in [0.05, 0.1) is 24.0 Å². The van der Waals surface area contributed by atoms with Gasteiger partial charge in [0.15, 0.2) is 0 Å². The van der Waals surface area contributed by atoms with Crippen molar-refractivity contribution >= 4 is 40.3 Å². The number of amides is 2. The third-order valence-corrected chi connectivity index (χ3v) is 4.55. The summed E-state index contributed by atoms with van der Waals surface area (Å²) in [6.07, 6.45) is -5.95. The number of anilines is 1. The molecule has 0 aliphatic carbocycles. The molecule has 1 aliphatic rings. The fourth-order valence-corrected chi connectivity index (χ4v) is 3.29. The summed E-state index contributed by atoms with van der Waals surface area (Å²) in [7, 11) is 0. The van der Waals surface area contributed by atoms with Gasteiger partial charge in [-0.05, 0) is 12.1 Å². The fraction of sp³-hybridized carbons (Fsp3) is 0.467. The summed E-state index contributed by atoms with van der Waals surface area (Å²) >= 11 is 1.06. The van der Waals surface area contributed by atoms with Crippen LogP contribution in [0.2, 0.25) is 0 Å². The molecule has 0 unspecified atom stereocenters. The van der Waals surface area contributed by atoms with E-state index >= 15 is 0 Å². The van der Waals surface area contributed by atoms with Gasteiger partial charge in [0.2, 0.25) is 11.8 Å². The Morgan fingerprint density at radius 3 is 2.58 bits per heavy atom. The van der Waals surface area contributed by atoms with Gasteiger partial charge in [0.25, 0.3) is 0 Å². The molecule has 26 heavy (non-hydrogen) atoms. The van der Waals surface area contributed by atoms with Crippen LogP contribution >= 0.6 is 11.7 Å². The topological polar surface area (TPSA) is 78.4 Å². The Kier molecular flexibility index (Phi) is 5.37. The van der Waals surface area contributed by atoms with E-state index in [-0.39, 0.29) is 25.5 Å².